The molecule has 0 bridgehead atoms. The van der Waals surface area contributed by atoms with Gasteiger partial charge >= 0.3 is 0 Å². The van der Waals surface area contributed by atoms with E-state index < -0.39 is 0 Å². The summed E-state index contributed by atoms with van der Waals surface area (Å²) >= 11 is 6.43. The van der Waals surface area contributed by atoms with E-state index in [0.717, 1.165) is 5.75 Å². The Kier molecular flexibility index (Phi) is 4.62. The number of nitrogens with one attached hydrogen (secondary N) is 2. The van der Waals surface area contributed by atoms with Gasteiger partial charge in [0.05, 0.1) is 39.7 Å². The molecule has 4 heterocycles. The molecule has 2 N–H and O–H groups in total. The highest BCUT2D eigenvalue weighted by molar-refractivity contribution is 6.32. The van der Waals surface area contributed by atoms with Crippen molar-refractivity contribution >= 4 is 39.5 Å². The van der Waals surface area contributed by atoms with Crippen molar-refractivity contribution in [3.8, 4) is 17.2 Å². The number of rotatable bonds is 4. The van der Waals surface area contributed by atoms with Gasteiger partial charge in [0, 0.05) is 6.20 Å². The van der Waals surface area contributed by atoms with E-state index >= 15 is 0 Å². The lowest BCUT2D eigenvalue weighted by Crippen LogP contribution is -2.35. The maximum Gasteiger partial charge on any atom is 0.267 e. The van der Waals surface area contributed by atoms with Crippen LogP contribution in [-0.2, 0) is 0 Å². The lowest BCUT2D eigenvalue weighted by molar-refractivity contribution is 0.0996. The standard InChI is InChI=1S/C23H17ClN6O3/c24-16-5-1-2-6-17(16)30-21-14(20-15(22(30)31)11-27-29-20)10-26-23(28-21)25-9-13-12-32-18-7-3-4-8-19(18)33-13/h1-8,10-11,13H,9,12H2,(H,27,29)(H,25,26,28)/t13-/m0/s1. The van der Waals surface area contributed by atoms with Crippen LogP contribution < -0.4 is 20.3 Å². The van der Waals surface area contributed by atoms with Crippen molar-refractivity contribution < 1.29 is 9.47 Å². The van der Waals surface area contributed by atoms with Crippen LogP contribution in [0.5, 0.6) is 11.5 Å². The summed E-state index contributed by atoms with van der Waals surface area (Å²) in [4.78, 5) is 22.4. The molecule has 10 heteroatoms. The van der Waals surface area contributed by atoms with E-state index in [1.54, 1.807) is 18.3 Å². The van der Waals surface area contributed by atoms with Crippen LogP contribution in [0.15, 0.2) is 65.7 Å². The van der Waals surface area contributed by atoms with Gasteiger partial charge in [-0.1, -0.05) is 35.9 Å². The molecule has 33 heavy (non-hydrogen) atoms. The number of hydrogen-bond acceptors (Lipinski definition) is 7. The van der Waals surface area contributed by atoms with E-state index in [1.807, 2.05) is 36.4 Å². The number of halogens is 1. The van der Waals surface area contributed by atoms with Gasteiger partial charge in [0.15, 0.2) is 17.1 Å². The highest BCUT2D eigenvalue weighted by Crippen LogP contribution is 2.31. The molecule has 0 saturated carbocycles. The number of ether oxygens (including phenoxy) is 2. The molecule has 3 aromatic heterocycles. The van der Waals surface area contributed by atoms with Crippen LogP contribution >= 0.6 is 11.6 Å². The third-order valence-corrected chi connectivity index (χ3v) is 5.79. The highest BCUT2D eigenvalue weighted by atomic mass is 35.5. The molecule has 164 valence electrons. The van der Waals surface area contributed by atoms with Crippen LogP contribution in [0.25, 0.3) is 27.6 Å². The number of anilines is 1. The number of pyridine rings is 1. The van der Waals surface area contributed by atoms with E-state index in [-0.39, 0.29) is 11.7 Å². The summed E-state index contributed by atoms with van der Waals surface area (Å²) in [7, 11) is 0. The second-order valence-electron chi connectivity index (χ2n) is 7.56. The van der Waals surface area contributed by atoms with E-state index in [2.05, 4.69) is 25.5 Å². The topological polar surface area (TPSA) is 107 Å². The zero-order chi connectivity index (χ0) is 22.4. The number of para-hydroxylation sites is 3. The first-order chi connectivity index (χ1) is 16.2. The second-order valence-corrected chi connectivity index (χ2v) is 7.97. The first-order valence-electron chi connectivity index (χ1n) is 10.3. The summed E-state index contributed by atoms with van der Waals surface area (Å²) in [5.74, 6) is 1.77. The second kappa shape index (κ2) is 7.79. The van der Waals surface area contributed by atoms with Crippen LogP contribution in [-0.4, -0.2) is 44.0 Å². The van der Waals surface area contributed by atoms with Gasteiger partial charge in [0.25, 0.3) is 5.56 Å². The zero-order valence-electron chi connectivity index (χ0n) is 17.2. The number of H-pyrrole nitrogens is 1. The van der Waals surface area contributed by atoms with Crippen LogP contribution in [0.3, 0.4) is 0 Å². The average molecular weight is 461 g/mol. The summed E-state index contributed by atoms with van der Waals surface area (Å²) in [6, 6.07) is 14.7. The van der Waals surface area contributed by atoms with Gasteiger partial charge in [-0.25, -0.2) is 4.98 Å². The van der Waals surface area contributed by atoms with Gasteiger partial charge in [-0.3, -0.25) is 14.5 Å². The van der Waals surface area contributed by atoms with Crippen molar-refractivity contribution in [1.82, 2.24) is 24.7 Å². The molecule has 0 radical (unpaired) electrons. The van der Waals surface area contributed by atoms with E-state index in [9.17, 15) is 4.79 Å². The molecule has 0 fully saturated rings. The molecule has 2 aromatic carbocycles. The minimum atomic E-state index is -0.273. The minimum Gasteiger partial charge on any atom is -0.486 e. The molecule has 1 aliphatic rings. The predicted molar refractivity (Wildman–Crippen MR) is 125 cm³/mol. The minimum absolute atomic E-state index is 0.222. The maximum atomic E-state index is 13.3. The SMILES string of the molecule is O=c1c2cn[nH]c2c2cnc(NC[C@H]3COc4ccccc4O3)nc2n1-c1ccccc1Cl. The molecule has 6 rings (SSSR count). The van der Waals surface area contributed by atoms with Crippen molar-refractivity contribution in [2.45, 2.75) is 6.10 Å². The van der Waals surface area contributed by atoms with Gasteiger partial charge in [-0.05, 0) is 24.3 Å². The number of nitrogens with zero attached hydrogens (tertiary/aromatic N) is 4. The molecule has 1 aliphatic heterocycles. The van der Waals surface area contributed by atoms with Crippen molar-refractivity contribution in [3.63, 3.8) is 0 Å². The third kappa shape index (κ3) is 3.33. The van der Waals surface area contributed by atoms with Crippen LogP contribution in [0, 0.1) is 0 Å². The number of aromatic nitrogens is 5. The van der Waals surface area contributed by atoms with E-state index in [0.29, 0.717) is 57.5 Å². The summed E-state index contributed by atoms with van der Waals surface area (Å²) in [5.41, 5.74) is 1.24. The number of fused-ring (bicyclic) bond motifs is 4. The van der Waals surface area contributed by atoms with Crippen molar-refractivity contribution in [3.05, 3.63) is 76.3 Å². The van der Waals surface area contributed by atoms with Gasteiger partial charge in [-0.15, -0.1) is 0 Å². The summed E-state index contributed by atoms with van der Waals surface area (Å²) < 4.78 is 13.2. The van der Waals surface area contributed by atoms with Gasteiger partial charge in [0.2, 0.25) is 5.95 Å². The first kappa shape index (κ1) is 19.6. The predicted octanol–water partition coefficient (Wildman–Crippen LogP) is 3.56. The molecular formula is C23H17ClN6O3. The fraction of sp³-hybridized carbons (Fsp3) is 0.130. The van der Waals surface area contributed by atoms with Gasteiger partial charge < -0.3 is 14.8 Å². The Balaban J connectivity index is 1.39. The molecule has 9 nitrogen and oxygen atoms in total. The van der Waals surface area contributed by atoms with Crippen molar-refractivity contribution in [1.29, 1.82) is 0 Å². The maximum absolute atomic E-state index is 13.3. The van der Waals surface area contributed by atoms with Crippen LogP contribution in [0.2, 0.25) is 5.02 Å². The zero-order valence-corrected chi connectivity index (χ0v) is 17.9. The molecule has 0 spiro atoms. The number of hydrogen-bond donors (Lipinski definition) is 2. The molecule has 0 aliphatic carbocycles. The summed E-state index contributed by atoms with van der Waals surface area (Å²) in [5, 5.41) is 11.6. The third-order valence-electron chi connectivity index (χ3n) is 5.47. The van der Waals surface area contributed by atoms with Gasteiger partial charge in [-0.2, -0.15) is 10.1 Å². The fourth-order valence-corrected chi connectivity index (χ4v) is 4.12. The molecule has 0 unspecified atom stereocenters. The lowest BCUT2D eigenvalue weighted by atomic mass is 10.2. The lowest BCUT2D eigenvalue weighted by Gasteiger charge is -2.26. The Hall–Kier alpha value is -4.11. The first-order valence-corrected chi connectivity index (χ1v) is 10.7. The van der Waals surface area contributed by atoms with Gasteiger partial charge in [0.1, 0.15) is 12.7 Å². The molecule has 0 saturated heterocycles. The van der Waals surface area contributed by atoms with Crippen molar-refractivity contribution in [2.75, 3.05) is 18.5 Å². The summed E-state index contributed by atoms with van der Waals surface area (Å²) in [6.07, 6.45) is 2.93. The Labute approximate surface area is 192 Å². The normalized spacial score (nSPS) is 15.1. The number of benzene rings is 2. The number of aromatic amines is 1. The molecule has 5 aromatic rings. The van der Waals surface area contributed by atoms with E-state index in [1.165, 1.54) is 10.8 Å². The van der Waals surface area contributed by atoms with Crippen molar-refractivity contribution in [2.24, 2.45) is 0 Å². The Bertz CT molecular complexity index is 1560. The quantitative estimate of drug-likeness (QED) is 0.422. The van der Waals surface area contributed by atoms with Crippen LogP contribution in [0.4, 0.5) is 5.95 Å². The highest BCUT2D eigenvalue weighted by Gasteiger charge is 2.21. The molecular weight excluding hydrogens is 444 g/mol. The monoisotopic (exact) mass is 460 g/mol. The van der Waals surface area contributed by atoms with E-state index in [4.69, 9.17) is 21.1 Å². The smallest absolute Gasteiger partial charge is 0.267 e. The molecule has 1 atom stereocenters. The summed E-state index contributed by atoms with van der Waals surface area (Å²) in [6.45, 7) is 0.819. The molecule has 0 amide bonds. The largest absolute Gasteiger partial charge is 0.486 e. The Morgan fingerprint density at radius 2 is 1.91 bits per heavy atom. The Morgan fingerprint density at radius 1 is 1.09 bits per heavy atom. The Morgan fingerprint density at radius 3 is 2.79 bits per heavy atom. The van der Waals surface area contributed by atoms with Crippen LogP contribution in [0.1, 0.15) is 0 Å². The fourth-order valence-electron chi connectivity index (χ4n) is 3.90. The average Bonchev–Trinajstić information content (AvgIpc) is 3.34.